The molecule has 0 N–H and O–H groups in total. The minimum Gasteiger partial charge on any atom is -0.454 e. The van der Waals surface area contributed by atoms with Crippen LogP contribution in [0.15, 0.2) is 35.3 Å². The highest BCUT2D eigenvalue weighted by Gasteiger charge is 2.19. The van der Waals surface area contributed by atoms with Crippen molar-refractivity contribution in [1.29, 1.82) is 0 Å². The average molecular weight is 191 g/mol. The number of benzene rings is 1. The van der Waals surface area contributed by atoms with Crippen molar-refractivity contribution in [1.82, 2.24) is 0 Å². The second-order valence-electron chi connectivity index (χ2n) is 3.25. The molecule has 0 fully saturated rings. The first-order valence-corrected chi connectivity index (χ1v) is 4.67. The third kappa shape index (κ3) is 2.05. The molecule has 0 saturated heterocycles. The van der Waals surface area contributed by atoms with Crippen LogP contribution >= 0.6 is 0 Å². The van der Waals surface area contributed by atoms with E-state index in [1.54, 1.807) is 7.11 Å². The van der Waals surface area contributed by atoms with Gasteiger partial charge in [-0.1, -0.05) is 30.3 Å². The van der Waals surface area contributed by atoms with Gasteiger partial charge in [-0.2, -0.15) is 0 Å². The van der Waals surface area contributed by atoms with Crippen LogP contribution in [0.25, 0.3) is 0 Å². The number of ether oxygens (including phenoxy) is 2. The molecule has 1 heterocycles. The van der Waals surface area contributed by atoms with E-state index in [2.05, 4.69) is 17.1 Å². The zero-order chi connectivity index (χ0) is 9.80. The fourth-order valence-corrected chi connectivity index (χ4v) is 1.49. The van der Waals surface area contributed by atoms with Gasteiger partial charge in [-0.3, -0.25) is 0 Å². The van der Waals surface area contributed by atoms with Crippen molar-refractivity contribution in [3.8, 4) is 0 Å². The van der Waals surface area contributed by atoms with Crippen molar-refractivity contribution in [3.05, 3.63) is 35.9 Å². The van der Waals surface area contributed by atoms with Crippen LogP contribution in [0.2, 0.25) is 0 Å². The Morgan fingerprint density at radius 2 is 2.21 bits per heavy atom. The summed E-state index contributed by atoms with van der Waals surface area (Å²) in [5.74, 6) is 0. The molecule has 0 spiro atoms. The molecule has 1 aromatic rings. The van der Waals surface area contributed by atoms with Crippen LogP contribution in [0.3, 0.4) is 0 Å². The molecule has 74 valence electrons. The summed E-state index contributed by atoms with van der Waals surface area (Å²) >= 11 is 0. The van der Waals surface area contributed by atoms with E-state index in [1.165, 1.54) is 5.56 Å². The number of hydrogen-bond donors (Lipinski definition) is 0. The van der Waals surface area contributed by atoms with E-state index in [1.807, 2.05) is 18.2 Å². The lowest BCUT2D eigenvalue weighted by Gasteiger charge is -2.03. The standard InChI is InChI=1S/C11H13NO2/c1-13-11-12-10(8-14-11)7-9-5-3-2-4-6-9/h2-6,10H,7-8H2,1H3. The molecule has 0 aliphatic carbocycles. The monoisotopic (exact) mass is 191 g/mol. The van der Waals surface area contributed by atoms with Crippen LogP contribution in [-0.4, -0.2) is 25.8 Å². The lowest BCUT2D eigenvalue weighted by Crippen LogP contribution is -2.09. The Morgan fingerprint density at radius 3 is 2.86 bits per heavy atom. The normalized spacial score (nSPS) is 20.1. The van der Waals surface area contributed by atoms with Gasteiger partial charge in [0.15, 0.2) is 0 Å². The zero-order valence-corrected chi connectivity index (χ0v) is 8.14. The Hall–Kier alpha value is -1.51. The van der Waals surface area contributed by atoms with Crippen LogP contribution in [0.5, 0.6) is 0 Å². The van der Waals surface area contributed by atoms with Crippen LogP contribution in [0.1, 0.15) is 5.56 Å². The van der Waals surface area contributed by atoms with Crippen molar-refractivity contribution in [2.75, 3.05) is 13.7 Å². The molecule has 0 bridgehead atoms. The zero-order valence-electron chi connectivity index (χ0n) is 8.14. The largest absolute Gasteiger partial charge is 0.454 e. The quantitative estimate of drug-likeness (QED) is 0.711. The predicted octanol–water partition coefficient (Wildman–Crippen LogP) is 1.63. The van der Waals surface area contributed by atoms with Gasteiger partial charge in [-0.25, -0.2) is 4.99 Å². The molecule has 0 radical (unpaired) electrons. The Bertz CT molecular complexity index is 321. The van der Waals surface area contributed by atoms with Crippen molar-refractivity contribution < 1.29 is 9.47 Å². The van der Waals surface area contributed by atoms with E-state index in [0.29, 0.717) is 12.7 Å². The van der Waals surface area contributed by atoms with E-state index in [0.717, 1.165) is 6.42 Å². The van der Waals surface area contributed by atoms with E-state index >= 15 is 0 Å². The summed E-state index contributed by atoms with van der Waals surface area (Å²) in [5.41, 5.74) is 1.28. The number of nitrogens with zero attached hydrogens (tertiary/aromatic N) is 1. The average Bonchev–Trinajstić information content (AvgIpc) is 2.67. The summed E-state index contributed by atoms with van der Waals surface area (Å²) in [6, 6.07) is 10.5. The van der Waals surface area contributed by atoms with Gasteiger partial charge in [-0.05, 0) is 12.0 Å². The van der Waals surface area contributed by atoms with Crippen molar-refractivity contribution in [2.45, 2.75) is 12.5 Å². The number of aliphatic imine (C=N–C) groups is 1. The smallest absolute Gasteiger partial charge is 0.383 e. The van der Waals surface area contributed by atoms with Gasteiger partial charge >= 0.3 is 6.08 Å². The predicted molar refractivity (Wildman–Crippen MR) is 54.3 cm³/mol. The minimum absolute atomic E-state index is 0.201. The molecule has 3 nitrogen and oxygen atoms in total. The summed E-state index contributed by atoms with van der Waals surface area (Å²) in [5, 5.41) is 0. The van der Waals surface area contributed by atoms with Crippen molar-refractivity contribution >= 4 is 6.08 Å². The summed E-state index contributed by atoms with van der Waals surface area (Å²) < 4.78 is 10.1. The van der Waals surface area contributed by atoms with E-state index in [9.17, 15) is 0 Å². The molecule has 0 amide bonds. The first-order chi connectivity index (χ1) is 6.88. The molecule has 0 aromatic heterocycles. The van der Waals surface area contributed by atoms with Gasteiger partial charge in [0.1, 0.15) is 6.61 Å². The third-order valence-electron chi connectivity index (χ3n) is 2.18. The Labute approximate surface area is 83.4 Å². The van der Waals surface area contributed by atoms with Gasteiger partial charge in [0.05, 0.1) is 13.2 Å². The fourth-order valence-electron chi connectivity index (χ4n) is 1.49. The third-order valence-corrected chi connectivity index (χ3v) is 2.18. The molecular weight excluding hydrogens is 178 g/mol. The summed E-state index contributed by atoms with van der Waals surface area (Å²) in [4.78, 5) is 4.27. The first kappa shape index (κ1) is 9.06. The molecule has 1 aliphatic rings. The highest BCUT2D eigenvalue weighted by Crippen LogP contribution is 2.11. The summed E-state index contributed by atoms with van der Waals surface area (Å²) in [6.07, 6.45) is 1.32. The molecule has 1 unspecified atom stereocenters. The highest BCUT2D eigenvalue weighted by molar-refractivity contribution is 5.68. The van der Waals surface area contributed by atoms with Crippen LogP contribution < -0.4 is 0 Å². The van der Waals surface area contributed by atoms with E-state index < -0.39 is 0 Å². The van der Waals surface area contributed by atoms with Gasteiger partial charge in [-0.15, -0.1) is 0 Å². The summed E-state index contributed by atoms with van der Waals surface area (Å²) in [7, 11) is 1.57. The maximum Gasteiger partial charge on any atom is 0.383 e. The highest BCUT2D eigenvalue weighted by atomic mass is 16.7. The SMILES string of the molecule is COC1=NC(Cc2ccccc2)CO1. The van der Waals surface area contributed by atoms with Gasteiger partial charge in [0.2, 0.25) is 0 Å². The Morgan fingerprint density at radius 1 is 1.43 bits per heavy atom. The van der Waals surface area contributed by atoms with Crippen molar-refractivity contribution in [3.63, 3.8) is 0 Å². The molecule has 2 rings (SSSR count). The Kier molecular flexibility index (Phi) is 2.68. The topological polar surface area (TPSA) is 30.8 Å². The molecule has 3 heteroatoms. The number of methoxy groups -OCH3 is 1. The molecule has 1 atom stereocenters. The van der Waals surface area contributed by atoms with Crippen LogP contribution in [0.4, 0.5) is 0 Å². The maximum absolute atomic E-state index is 5.21. The minimum atomic E-state index is 0.201. The number of rotatable bonds is 2. The van der Waals surface area contributed by atoms with Gasteiger partial charge < -0.3 is 9.47 Å². The van der Waals surface area contributed by atoms with Crippen LogP contribution in [0, 0.1) is 0 Å². The maximum atomic E-state index is 5.21. The molecule has 1 aliphatic heterocycles. The fraction of sp³-hybridized carbons (Fsp3) is 0.364. The lowest BCUT2D eigenvalue weighted by molar-refractivity contribution is 0.219. The second kappa shape index (κ2) is 4.13. The molecule has 1 aromatic carbocycles. The number of hydrogen-bond acceptors (Lipinski definition) is 3. The molecule has 0 saturated carbocycles. The van der Waals surface area contributed by atoms with Gasteiger partial charge in [0, 0.05) is 0 Å². The Balaban J connectivity index is 1.97. The molecule has 14 heavy (non-hydrogen) atoms. The second-order valence-corrected chi connectivity index (χ2v) is 3.25. The van der Waals surface area contributed by atoms with E-state index in [-0.39, 0.29) is 6.04 Å². The lowest BCUT2D eigenvalue weighted by atomic mass is 10.1. The summed E-state index contributed by atoms with van der Waals surface area (Å²) in [6.45, 7) is 0.623. The first-order valence-electron chi connectivity index (χ1n) is 4.67. The van der Waals surface area contributed by atoms with Crippen LogP contribution in [-0.2, 0) is 15.9 Å². The van der Waals surface area contributed by atoms with Gasteiger partial charge in [0.25, 0.3) is 0 Å². The van der Waals surface area contributed by atoms with E-state index in [4.69, 9.17) is 9.47 Å². The molecular formula is C11H13NO2. The van der Waals surface area contributed by atoms with Crippen molar-refractivity contribution in [2.24, 2.45) is 4.99 Å².